The summed E-state index contributed by atoms with van der Waals surface area (Å²) in [5.74, 6) is 12.5. The highest BCUT2D eigenvalue weighted by Crippen LogP contribution is 2.25. The van der Waals surface area contributed by atoms with Crippen LogP contribution < -0.4 is 17.1 Å². The van der Waals surface area contributed by atoms with Crippen LogP contribution >= 0.6 is 11.6 Å². The fraction of sp³-hybridized carbons (Fsp3) is 0.419. The number of ether oxygens (including phenoxy) is 3. The first-order valence-corrected chi connectivity index (χ1v) is 14.4. The molecule has 0 aliphatic carbocycles. The third-order valence-corrected chi connectivity index (χ3v) is 5.99. The smallest absolute Gasteiger partial charge is 0.295 e. The van der Waals surface area contributed by atoms with Gasteiger partial charge in [-0.25, -0.2) is 10.8 Å². The number of aromatic nitrogens is 2. The monoisotopic (exact) mass is 618 g/mol. The molecule has 3 rings (SSSR count). The lowest BCUT2D eigenvalue weighted by Gasteiger charge is -2.13. The van der Waals surface area contributed by atoms with Gasteiger partial charge in [0.05, 0.1) is 11.8 Å². The number of nitrogens with two attached hydrogens (primary N) is 2. The van der Waals surface area contributed by atoms with Crippen LogP contribution in [0.2, 0.25) is 5.15 Å². The van der Waals surface area contributed by atoms with Crippen LogP contribution in [-0.4, -0.2) is 48.3 Å². The Morgan fingerprint density at radius 3 is 2.23 bits per heavy atom. The molecular formula is C31H47ClN6O5. The fourth-order valence-electron chi connectivity index (χ4n) is 3.60. The van der Waals surface area contributed by atoms with Crippen LogP contribution in [-0.2, 0) is 36.8 Å². The van der Waals surface area contributed by atoms with Gasteiger partial charge in [-0.15, -0.1) is 0 Å². The highest BCUT2D eigenvalue weighted by atomic mass is 35.5. The number of unbranched alkanes of at least 4 members (excludes halogenated alkanes) is 1. The van der Waals surface area contributed by atoms with E-state index in [-0.39, 0.29) is 12.9 Å². The molecule has 0 atom stereocenters. The standard InChI is InChI=1S/C22H27ClN6.C4H8O2.C3H6O3.C2H6/c1-3-4-9-20-26-21(23)15(2)29(20)14-16-10-12-17(13-11-16)18-7-5-6-8-19(18)22(27-24)28-25;1-4(2)6-3-5;1-5-3-6-2-4;1-2/h5-8,10-13H,3-4,9,14,24-25H2,1-2H3,(H,27,28);3-4H,1-2H3;2H,3H2,1H3;1-2H3. The number of nitrogens with zero attached hydrogens (tertiary/aromatic N) is 3. The van der Waals surface area contributed by atoms with Crippen molar-refractivity contribution in [3.63, 3.8) is 0 Å². The molecule has 2 aromatic carbocycles. The van der Waals surface area contributed by atoms with Gasteiger partial charge in [-0.3, -0.25) is 9.59 Å². The molecule has 11 nitrogen and oxygen atoms in total. The Balaban J connectivity index is 0.00000105. The summed E-state index contributed by atoms with van der Waals surface area (Å²) in [5, 5.41) is 4.33. The molecule has 43 heavy (non-hydrogen) atoms. The molecule has 12 heteroatoms. The van der Waals surface area contributed by atoms with E-state index < -0.39 is 0 Å². The Morgan fingerprint density at radius 2 is 1.77 bits per heavy atom. The Kier molecular flexibility index (Phi) is 21.5. The normalized spacial score (nSPS) is 10.2. The van der Waals surface area contributed by atoms with Crippen molar-refractivity contribution in [2.45, 2.75) is 73.5 Å². The van der Waals surface area contributed by atoms with Crippen molar-refractivity contribution in [1.29, 1.82) is 0 Å². The summed E-state index contributed by atoms with van der Waals surface area (Å²) in [6.07, 6.45) is 3.19. The summed E-state index contributed by atoms with van der Waals surface area (Å²) in [7, 11) is 1.45. The molecule has 0 saturated carbocycles. The third kappa shape index (κ3) is 14.2. The maximum atomic E-state index is 9.39. The SMILES string of the molecule is CC.CC(C)OC=O.CCCCc1nc(Cl)c(C)n1Cc1ccc(-c2ccccc2/C(=N/N)NN)cc1.COCOC=O. The number of methoxy groups -OCH3 is 1. The van der Waals surface area contributed by atoms with E-state index in [1.54, 1.807) is 13.8 Å². The van der Waals surface area contributed by atoms with Gasteiger partial charge < -0.3 is 30.0 Å². The lowest BCUT2D eigenvalue weighted by atomic mass is 9.98. The van der Waals surface area contributed by atoms with E-state index in [0.29, 0.717) is 23.9 Å². The molecule has 0 aliphatic rings. The molecule has 1 aromatic heterocycles. The van der Waals surface area contributed by atoms with Crippen LogP contribution in [0.3, 0.4) is 0 Å². The van der Waals surface area contributed by atoms with Gasteiger partial charge in [-0.05, 0) is 43.9 Å². The number of hydrazone groups is 1. The van der Waals surface area contributed by atoms with Gasteiger partial charge in [-0.1, -0.05) is 87.3 Å². The molecule has 0 spiro atoms. The zero-order valence-corrected chi connectivity index (χ0v) is 27.1. The third-order valence-electron chi connectivity index (χ3n) is 5.63. The van der Waals surface area contributed by atoms with Crippen LogP contribution in [0, 0.1) is 6.92 Å². The highest BCUT2D eigenvalue weighted by molar-refractivity contribution is 6.30. The molecule has 0 unspecified atom stereocenters. The van der Waals surface area contributed by atoms with E-state index in [1.165, 1.54) is 12.7 Å². The van der Waals surface area contributed by atoms with Crippen LogP contribution in [0.15, 0.2) is 53.6 Å². The average Bonchev–Trinajstić information content (AvgIpc) is 3.29. The molecule has 5 N–H and O–H groups in total. The van der Waals surface area contributed by atoms with Gasteiger partial charge >= 0.3 is 0 Å². The van der Waals surface area contributed by atoms with E-state index >= 15 is 0 Å². The summed E-state index contributed by atoms with van der Waals surface area (Å²) >= 11 is 6.29. The average molecular weight is 619 g/mol. The van der Waals surface area contributed by atoms with Crippen LogP contribution in [0.1, 0.15) is 70.1 Å². The van der Waals surface area contributed by atoms with Crippen LogP contribution in [0.5, 0.6) is 0 Å². The number of rotatable bonds is 12. The van der Waals surface area contributed by atoms with Gasteiger partial charge in [-0.2, -0.15) is 5.10 Å². The Bertz CT molecular complexity index is 1220. The van der Waals surface area contributed by atoms with Gasteiger partial charge in [0.2, 0.25) is 0 Å². The number of halogens is 1. The minimum atomic E-state index is 0.0301. The summed E-state index contributed by atoms with van der Waals surface area (Å²) in [6, 6.07) is 16.3. The predicted molar refractivity (Wildman–Crippen MR) is 172 cm³/mol. The number of nitrogens with one attached hydrogen (secondary N) is 1. The Hall–Kier alpha value is -3.93. The first-order chi connectivity index (χ1) is 20.8. The number of carbonyl (C=O) groups is 2. The molecular weight excluding hydrogens is 572 g/mol. The largest absolute Gasteiger partial charge is 0.465 e. The zero-order valence-electron chi connectivity index (χ0n) is 26.3. The summed E-state index contributed by atoms with van der Waals surface area (Å²) in [5.41, 5.74) is 7.67. The second-order valence-electron chi connectivity index (χ2n) is 8.91. The number of hydrogen-bond donors (Lipinski definition) is 3. The first-order valence-electron chi connectivity index (χ1n) is 14.1. The molecule has 0 bridgehead atoms. The van der Waals surface area contributed by atoms with Crippen molar-refractivity contribution in [2.75, 3.05) is 13.9 Å². The van der Waals surface area contributed by atoms with Crippen molar-refractivity contribution in [3.05, 3.63) is 76.3 Å². The molecule has 0 radical (unpaired) electrons. The predicted octanol–water partition coefficient (Wildman–Crippen LogP) is 5.34. The molecule has 3 aromatic rings. The van der Waals surface area contributed by atoms with Gasteiger partial charge in [0.25, 0.3) is 12.9 Å². The van der Waals surface area contributed by atoms with E-state index in [0.717, 1.165) is 54.0 Å². The van der Waals surface area contributed by atoms with E-state index in [4.69, 9.17) is 23.3 Å². The van der Waals surface area contributed by atoms with E-state index in [2.05, 4.69) is 65.5 Å². The topological polar surface area (TPSA) is 156 Å². The Morgan fingerprint density at radius 1 is 1.12 bits per heavy atom. The zero-order chi connectivity index (χ0) is 32.6. The van der Waals surface area contributed by atoms with E-state index in [9.17, 15) is 9.59 Å². The summed E-state index contributed by atoms with van der Waals surface area (Å²) in [6.45, 7) is 13.4. The molecule has 0 fully saturated rings. The molecule has 0 amide bonds. The highest BCUT2D eigenvalue weighted by Gasteiger charge is 2.13. The number of imidazole rings is 1. The number of carbonyl (C=O) groups excluding carboxylic acids is 2. The van der Waals surface area contributed by atoms with Gasteiger partial charge in [0, 0.05) is 25.6 Å². The van der Waals surface area contributed by atoms with Crippen molar-refractivity contribution in [1.82, 2.24) is 15.0 Å². The second-order valence-corrected chi connectivity index (χ2v) is 9.27. The molecule has 0 saturated heterocycles. The Labute approximate surface area is 260 Å². The molecule has 1 heterocycles. The number of hydrazine groups is 1. The fourth-order valence-corrected chi connectivity index (χ4v) is 3.80. The van der Waals surface area contributed by atoms with Gasteiger partial charge in [0.1, 0.15) is 11.0 Å². The molecule has 0 aliphatic heterocycles. The van der Waals surface area contributed by atoms with Crippen molar-refractivity contribution in [3.8, 4) is 11.1 Å². The second kappa shape index (κ2) is 23.6. The maximum Gasteiger partial charge on any atom is 0.295 e. The van der Waals surface area contributed by atoms with Crippen LogP contribution in [0.25, 0.3) is 11.1 Å². The minimum absolute atomic E-state index is 0.0301. The quantitative estimate of drug-likeness (QED) is 0.0463. The first kappa shape index (κ1) is 39.1. The number of amidine groups is 1. The minimum Gasteiger partial charge on any atom is -0.465 e. The lowest BCUT2D eigenvalue weighted by Crippen LogP contribution is -2.32. The summed E-state index contributed by atoms with van der Waals surface area (Å²) in [4.78, 5) is 23.2. The lowest BCUT2D eigenvalue weighted by molar-refractivity contribution is -0.138. The maximum absolute atomic E-state index is 9.39. The van der Waals surface area contributed by atoms with Crippen molar-refractivity contribution >= 4 is 30.4 Å². The van der Waals surface area contributed by atoms with E-state index in [1.807, 2.05) is 45.0 Å². The van der Waals surface area contributed by atoms with Gasteiger partial charge in [0.15, 0.2) is 12.6 Å². The molecule has 238 valence electrons. The number of benzene rings is 2. The number of aryl methyl sites for hydroxylation is 1. The summed E-state index contributed by atoms with van der Waals surface area (Å²) < 4.78 is 15.0. The number of hydrogen-bond acceptors (Lipinski definition) is 9. The van der Waals surface area contributed by atoms with Crippen molar-refractivity contribution < 1.29 is 23.8 Å². The van der Waals surface area contributed by atoms with Crippen molar-refractivity contribution in [2.24, 2.45) is 16.8 Å². The van der Waals surface area contributed by atoms with Crippen LogP contribution in [0.4, 0.5) is 0 Å².